The lowest BCUT2D eigenvalue weighted by Crippen LogP contribution is -2.45. The van der Waals surface area contributed by atoms with Crippen LogP contribution in [0.25, 0.3) is 0 Å². The van der Waals surface area contributed by atoms with E-state index in [1.807, 2.05) is 19.1 Å². The van der Waals surface area contributed by atoms with Crippen molar-refractivity contribution in [1.29, 1.82) is 0 Å². The van der Waals surface area contributed by atoms with E-state index in [1.165, 1.54) is 11.1 Å². The fourth-order valence-corrected chi connectivity index (χ4v) is 5.25. The van der Waals surface area contributed by atoms with Crippen molar-refractivity contribution in [3.63, 3.8) is 0 Å². The van der Waals surface area contributed by atoms with E-state index < -0.39 is 10.0 Å². The van der Waals surface area contributed by atoms with E-state index in [2.05, 4.69) is 19.2 Å². The molecule has 1 unspecified atom stereocenters. The summed E-state index contributed by atoms with van der Waals surface area (Å²) in [7, 11) is -3.47. The van der Waals surface area contributed by atoms with E-state index in [9.17, 15) is 13.2 Å². The Kier molecular flexibility index (Phi) is 5.72. The molecule has 0 saturated carbocycles. The van der Waals surface area contributed by atoms with Crippen LogP contribution in [0.2, 0.25) is 0 Å². The van der Waals surface area contributed by atoms with Gasteiger partial charge >= 0.3 is 0 Å². The topological polar surface area (TPSA) is 66.5 Å². The summed E-state index contributed by atoms with van der Waals surface area (Å²) < 4.78 is 27.5. The van der Waals surface area contributed by atoms with Gasteiger partial charge in [-0.3, -0.25) is 4.79 Å². The maximum atomic E-state index is 13.0. The van der Waals surface area contributed by atoms with E-state index in [0.29, 0.717) is 36.7 Å². The third-order valence-electron chi connectivity index (χ3n) is 5.90. The summed E-state index contributed by atoms with van der Waals surface area (Å²) in [5.41, 5.74) is 2.45. The largest absolute Gasteiger partial charge is 0.353 e. The molecular formula is C20H30N2O3S. The molecule has 1 fully saturated rings. The van der Waals surface area contributed by atoms with Crippen molar-refractivity contribution in [3.8, 4) is 0 Å². The van der Waals surface area contributed by atoms with Crippen molar-refractivity contribution >= 4 is 15.9 Å². The number of amides is 1. The smallest absolute Gasteiger partial charge is 0.243 e. The monoisotopic (exact) mass is 378 g/mol. The number of rotatable bonds is 5. The zero-order valence-electron chi connectivity index (χ0n) is 16.0. The van der Waals surface area contributed by atoms with Gasteiger partial charge in [0, 0.05) is 25.0 Å². The molecule has 1 aliphatic carbocycles. The van der Waals surface area contributed by atoms with Gasteiger partial charge in [0.25, 0.3) is 0 Å². The lowest BCUT2D eigenvalue weighted by atomic mass is 9.96. The van der Waals surface area contributed by atoms with Gasteiger partial charge in [-0.15, -0.1) is 0 Å². The summed E-state index contributed by atoms with van der Waals surface area (Å²) in [4.78, 5) is 12.8. The van der Waals surface area contributed by atoms with Crippen LogP contribution in [0.4, 0.5) is 0 Å². The molecule has 6 heteroatoms. The number of carbonyl (C=O) groups is 1. The second-order valence-corrected chi connectivity index (χ2v) is 9.94. The van der Waals surface area contributed by atoms with Crippen molar-refractivity contribution < 1.29 is 13.2 Å². The molecule has 0 spiro atoms. The number of aryl methyl sites for hydroxylation is 2. The number of nitrogens with zero attached hydrogens (tertiary/aromatic N) is 1. The number of hydrogen-bond donors (Lipinski definition) is 1. The highest BCUT2D eigenvalue weighted by Gasteiger charge is 2.33. The first-order valence-corrected chi connectivity index (χ1v) is 11.2. The van der Waals surface area contributed by atoms with E-state index in [-0.39, 0.29) is 17.9 Å². The van der Waals surface area contributed by atoms with Crippen LogP contribution in [0.15, 0.2) is 23.1 Å². The molecular weight excluding hydrogens is 348 g/mol. The summed E-state index contributed by atoms with van der Waals surface area (Å²) in [5.74, 6) is 0.350. The van der Waals surface area contributed by atoms with Crippen LogP contribution in [0.3, 0.4) is 0 Å². The summed E-state index contributed by atoms with van der Waals surface area (Å²) in [6.45, 7) is 6.99. The lowest BCUT2D eigenvalue weighted by Gasteiger charge is -2.31. The maximum absolute atomic E-state index is 13.0. The van der Waals surface area contributed by atoms with Gasteiger partial charge in [0.2, 0.25) is 15.9 Å². The van der Waals surface area contributed by atoms with Crippen molar-refractivity contribution in [3.05, 3.63) is 29.3 Å². The quantitative estimate of drug-likeness (QED) is 0.857. The molecule has 1 aromatic carbocycles. The molecule has 1 aliphatic heterocycles. The van der Waals surface area contributed by atoms with Gasteiger partial charge in [-0.25, -0.2) is 8.42 Å². The number of hydrogen-bond acceptors (Lipinski definition) is 3. The molecule has 26 heavy (non-hydrogen) atoms. The minimum atomic E-state index is -3.47. The SMILES string of the molecule is CC(C)C(C)NC(=O)C1CCN(S(=O)(=O)c2ccc3c(c2)CCC3)CC1. The van der Waals surface area contributed by atoms with E-state index >= 15 is 0 Å². The third-order valence-corrected chi connectivity index (χ3v) is 7.80. The summed E-state index contributed by atoms with van der Waals surface area (Å²) in [6.07, 6.45) is 4.29. The van der Waals surface area contributed by atoms with Gasteiger partial charge in [0.1, 0.15) is 0 Å². The van der Waals surface area contributed by atoms with Crippen LogP contribution < -0.4 is 5.32 Å². The highest BCUT2D eigenvalue weighted by molar-refractivity contribution is 7.89. The number of sulfonamides is 1. The molecule has 1 heterocycles. The van der Waals surface area contributed by atoms with Crippen molar-refractivity contribution in [1.82, 2.24) is 9.62 Å². The molecule has 1 amide bonds. The standard InChI is InChI=1S/C20H30N2O3S/c1-14(2)15(3)21-20(23)17-9-11-22(12-10-17)26(24,25)19-8-7-16-5-4-6-18(16)13-19/h7-8,13-15,17H,4-6,9-12H2,1-3H3,(H,21,23). The first kappa shape index (κ1) is 19.4. The number of nitrogens with one attached hydrogen (secondary N) is 1. The highest BCUT2D eigenvalue weighted by atomic mass is 32.2. The Labute approximate surface area is 157 Å². The first-order valence-electron chi connectivity index (χ1n) is 9.71. The molecule has 0 aromatic heterocycles. The molecule has 2 aliphatic rings. The predicted molar refractivity (Wildman–Crippen MR) is 102 cm³/mol. The van der Waals surface area contributed by atoms with Gasteiger partial charge in [-0.2, -0.15) is 4.31 Å². The second-order valence-electron chi connectivity index (χ2n) is 8.00. The van der Waals surface area contributed by atoms with Crippen LogP contribution in [-0.4, -0.2) is 37.8 Å². The molecule has 1 saturated heterocycles. The normalized spacial score (nSPS) is 20.2. The summed E-state index contributed by atoms with van der Waals surface area (Å²) in [5, 5.41) is 3.06. The fourth-order valence-electron chi connectivity index (χ4n) is 3.72. The zero-order chi connectivity index (χ0) is 18.9. The van der Waals surface area contributed by atoms with Crippen LogP contribution in [0.1, 0.15) is 51.2 Å². The van der Waals surface area contributed by atoms with Crippen molar-refractivity contribution in [2.75, 3.05) is 13.1 Å². The van der Waals surface area contributed by atoms with Gasteiger partial charge in [0.15, 0.2) is 0 Å². The average Bonchev–Trinajstić information content (AvgIpc) is 3.09. The molecule has 3 rings (SSSR count). The molecule has 1 atom stereocenters. The first-order chi connectivity index (χ1) is 12.3. The van der Waals surface area contributed by atoms with Gasteiger partial charge in [-0.05, 0) is 68.2 Å². The van der Waals surface area contributed by atoms with Crippen LogP contribution in [0, 0.1) is 11.8 Å². The Balaban J connectivity index is 1.63. The van der Waals surface area contributed by atoms with E-state index in [4.69, 9.17) is 0 Å². The van der Waals surface area contributed by atoms with Gasteiger partial charge < -0.3 is 5.32 Å². The highest BCUT2D eigenvalue weighted by Crippen LogP contribution is 2.28. The number of fused-ring (bicyclic) bond motifs is 1. The second kappa shape index (κ2) is 7.69. The number of benzene rings is 1. The average molecular weight is 379 g/mol. The van der Waals surface area contributed by atoms with E-state index in [1.54, 1.807) is 10.4 Å². The van der Waals surface area contributed by atoms with Gasteiger partial charge in [-0.1, -0.05) is 19.9 Å². The maximum Gasteiger partial charge on any atom is 0.243 e. The predicted octanol–water partition coefficient (Wildman–Crippen LogP) is 2.74. The molecule has 1 aromatic rings. The molecule has 1 N–H and O–H groups in total. The van der Waals surface area contributed by atoms with E-state index in [0.717, 1.165) is 19.3 Å². The Morgan fingerprint density at radius 2 is 1.77 bits per heavy atom. The van der Waals surface area contributed by atoms with Crippen LogP contribution in [0.5, 0.6) is 0 Å². The Hall–Kier alpha value is -1.40. The minimum Gasteiger partial charge on any atom is -0.353 e. The van der Waals surface area contributed by atoms with Crippen LogP contribution in [-0.2, 0) is 27.7 Å². The Morgan fingerprint density at radius 1 is 1.12 bits per heavy atom. The fraction of sp³-hybridized carbons (Fsp3) is 0.650. The Bertz CT molecular complexity index is 765. The minimum absolute atomic E-state index is 0.0563. The molecule has 0 radical (unpaired) electrons. The van der Waals surface area contributed by atoms with Crippen LogP contribution >= 0.6 is 0 Å². The summed E-state index contributed by atoms with van der Waals surface area (Å²) >= 11 is 0. The van der Waals surface area contributed by atoms with Crippen molar-refractivity contribution in [2.45, 2.75) is 63.8 Å². The van der Waals surface area contributed by atoms with Crippen molar-refractivity contribution in [2.24, 2.45) is 11.8 Å². The molecule has 144 valence electrons. The molecule has 0 bridgehead atoms. The Morgan fingerprint density at radius 3 is 2.42 bits per heavy atom. The zero-order valence-corrected chi connectivity index (χ0v) is 16.8. The lowest BCUT2D eigenvalue weighted by molar-refractivity contribution is -0.127. The molecule has 5 nitrogen and oxygen atoms in total. The summed E-state index contributed by atoms with van der Waals surface area (Å²) in [6, 6.07) is 5.68. The number of carbonyl (C=O) groups excluding carboxylic acids is 1. The number of piperidine rings is 1. The van der Waals surface area contributed by atoms with Gasteiger partial charge in [0.05, 0.1) is 4.90 Å². The third kappa shape index (κ3) is 3.96.